The number of imidazole rings is 1. The normalized spacial score (nSPS) is 12.1. The molecule has 1 aromatic carbocycles. The summed E-state index contributed by atoms with van der Waals surface area (Å²) in [6, 6.07) is 4.95. The Morgan fingerprint density at radius 3 is 2.67 bits per heavy atom. The Bertz CT molecular complexity index is 711. The maximum atomic E-state index is 12.9. The number of esters is 1. The average Bonchev–Trinajstić information content (AvgIpc) is 3.10. The Hall–Kier alpha value is -2.96. The summed E-state index contributed by atoms with van der Waals surface area (Å²) in [5.74, 6) is -1.23. The predicted molar refractivity (Wildman–Crippen MR) is 86.3 cm³/mol. The highest BCUT2D eigenvalue weighted by Gasteiger charge is 2.27. The second-order valence-corrected chi connectivity index (χ2v) is 5.15. The molecule has 1 heterocycles. The van der Waals surface area contributed by atoms with E-state index in [-0.39, 0.29) is 18.1 Å². The maximum Gasteiger partial charge on any atom is 0.328 e. The monoisotopic (exact) mass is 331 g/mol. The Kier molecular flexibility index (Phi) is 5.83. The number of nitrogens with zero attached hydrogens (tertiary/aromatic N) is 2. The van der Waals surface area contributed by atoms with E-state index in [1.807, 2.05) is 0 Å². The second-order valence-electron chi connectivity index (χ2n) is 5.15. The second kappa shape index (κ2) is 8.05. The molecule has 6 nitrogen and oxygen atoms in total. The van der Waals surface area contributed by atoms with Gasteiger partial charge in [-0.1, -0.05) is 12.1 Å². The van der Waals surface area contributed by atoms with Crippen LogP contribution in [-0.4, -0.2) is 46.9 Å². The van der Waals surface area contributed by atoms with Gasteiger partial charge in [0.15, 0.2) is 0 Å². The van der Waals surface area contributed by atoms with Gasteiger partial charge in [0.25, 0.3) is 0 Å². The van der Waals surface area contributed by atoms with Crippen LogP contribution < -0.4 is 0 Å². The molecule has 0 aliphatic heterocycles. The number of amides is 1. The molecule has 2 rings (SSSR count). The van der Waals surface area contributed by atoms with E-state index in [2.05, 4.69) is 9.97 Å². The van der Waals surface area contributed by atoms with Crippen molar-refractivity contribution in [3.8, 4) is 0 Å². The number of methoxy groups -OCH3 is 1. The first-order valence-electron chi connectivity index (χ1n) is 7.26. The molecule has 0 spiro atoms. The molecule has 0 fully saturated rings. The molecule has 7 heteroatoms. The van der Waals surface area contributed by atoms with Gasteiger partial charge in [-0.25, -0.2) is 14.2 Å². The van der Waals surface area contributed by atoms with E-state index in [1.165, 1.54) is 43.6 Å². The van der Waals surface area contributed by atoms with Crippen LogP contribution >= 0.6 is 0 Å². The first-order valence-corrected chi connectivity index (χ1v) is 7.26. The lowest BCUT2D eigenvalue weighted by Crippen LogP contribution is -2.43. The summed E-state index contributed by atoms with van der Waals surface area (Å²) >= 11 is 0. The highest BCUT2D eigenvalue weighted by molar-refractivity contribution is 5.94. The number of hydrogen-bond acceptors (Lipinski definition) is 4. The molecule has 0 radical (unpaired) electrons. The number of halogens is 1. The van der Waals surface area contributed by atoms with E-state index < -0.39 is 12.0 Å². The van der Waals surface area contributed by atoms with Crippen molar-refractivity contribution in [3.05, 3.63) is 59.9 Å². The highest BCUT2D eigenvalue weighted by atomic mass is 19.1. The van der Waals surface area contributed by atoms with Crippen molar-refractivity contribution >= 4 is 18.0 Å². The van der Waals surface area contributed by atoms with E-state index in [1.54, 1.807) is 24.4 Å². The number of hydrogen-bond donors (Lipinski definition) is 1. The third-order valence-corrected chi connectivity index (χ3v) is 3.54. The molecule has 0 saturated heterocycles. The van der Waals surface area contributed by atoms with Gasteiger partial charge in [-0.2, -0.15) is 0 Å². The molecular formula is C17H18FN3O3. The average molecular weight is 331 g/mol. The predicted octanol–water partition coefficient (Wildman–Crippen LogP) is 1.80. The van der Waals surface area contributed by atoms with Gasteiger partial charge >= 0.3 is 5.97 Å². The Balaban J connectivity index is 2.09. The first kappa shape index (κ1) is 17.4. The van der Waals surface area contributed by atoms with Crippen molar-refractivity contribution in [2.75, 3.05) is 14.2 Å². The number of benzene rings is 1. The summed E-state index contributed by atoms with van der Waals surface area (Å²) in [6.45, 7) is 0. The fraction of sp³-hybridized carbons (Fsp3) is 0.235. The van der Waals surface area contributed by atoms with Crippen molar-refractivity contribution in [2.24, 2.45) is 0 Å². The number of nitrogens with one attached hydrogen (secondary N) is 1. The SMILES string of the molecule is COC(=O)[C@H](Cc1cnc[nH]1)N(C)C(=O)C=Cc1ccc(F)cc1. The van der Waals surface area contributed by atoms with Crippen LogP contribution in [0.25, 0.3) is 6.08 Å². The number of aromatic amines is 1. The quantitative estimate of drug-likeness (QED) is 0.647. The van der Waals surface area contributed by atoms with Crippen LogP contribution in [0.4, 0.5) is 4.39 Å². The summed E-state index contributed by atoms with van der Waals surface area (Å²) in [5.41, 5.74) is 1.40. The Morgan fingerprint density at radius 2 is 2.08 bits per heavy atom. The topological polar surface area (TPSA) is 75.3 Å². The fourth-order valence-electron chi connectivity index (χ4n) is 2.13. The highest BCUT2D eigenvalue weighted by Crippen LogP contribution is 2.10. The molecule has 0 unspecified atom stereocenters. The number of aromatic nitrogens is 2. The molecule has 1 atom stereocenters. The third kappa shape index (κ3) is 4.52. The number of ether oxygens (including phenoxy) is 1. The van der Waals surface area contributed by atoms with E-state index >= 15 is 0 Å². The van der Waals surface area contributed by atoms with Crippen molar-refractivity contribution in [1.82, 2.24) is 14.9 Å². The third-order valence-electron chi connectivity index (χ3n) is 3.54. The van der Waals surface area contributed by atoms with Crippen LogP contribution in [-0.2, 0) is 20.7 Å². The zero-order valence-corrected chi connectivity index (χ0v) is 13.4. The number of H-pyrrole nitrogens is 1. The summed E-state index contributed by atoms with van der Waals surface area (Å²) in [4.78, 5) is 32.4. The lowest BCUT2D eigenvalue weighted by atomic mass is 10.1. The van der Waals surface area contributed by atoms with Gasteiger partial charge in [-0.15, -0.1) is 0 Å². The number of rotatable bonds is 6. The van der Waals surface area contributed by atoms with Crippen molar-refractivity contribution < 1.29 is 18.7 Å². The van der Waals surface area contributed by atoms with Gasteiger partial charge in [-0.05, 0) is 23.8 Å². The molecule has 1 aromatic heterocycles. The number of likely N-dealkylation sites (N-methyl/N-ethyl adjacent to an activating group) is 1. The van der Waals surface area contributed by atoms with E-state index in [9.17, 15) is 14.0 Å². The standard InChI is InChI=1S/C17H18FN3O3/c1-21(15(17(23)24-2)9-14-10-19-11-20-14)16(22)8-5-12-3-6-13(18)7-4-12/h3-8,10-11,15H,9H2,1-2H3,(H,19,20)/t15-/m0/s1. The van der Waals surface area contributed by atoms with Crippen LogP contribution in [0.1, 0.15) is 11.3 Å². The molecule has 2 aromatic rings. The van der Waals surface area contributed by atoms with Crippen LogP contribution in [0, 0.1) is 5.82 Å². The maximum absolute atomic E-state index is 12.9. The Labute approximate surface area is 139 Å². The van der Waals surface area contributed by atoms with Crippen molar-refractivity contribution in [3.63, 3.8) is 0 Å². The van der Waals surface area contributed by atoms with Gasteiger partial charge in [0.1, 0.15) is 11.9 Å². The zero-order chi connectivity index (χ0) is 17.5. The Morgan fingerprint density at radius 1 is 1.38 bits per heavy atom. The minimum atomic E-state index is -0.777. The first-order chi connectivity index (χ1) is 11.5. The van der Waals surface area contributed by atoms with E-state index in [0.29, 0.717) is 11.3 Å². The zero-order valence-electron chi connectivity index (χ0n) is 13.4. The molecule has 0 saturated carbocycles. The lowest BCUT2D eigenvalue weighted by molar-refractivity contribution is -0.150. The molecular weight excluding hydrogens is 313 g/mol. The van der Waals surface area contributed by atoms with Crippen LogP contribution in [0.3, 0.4) is 0 Å². The molecule has 126 valence electrons. The summed E-state index contributed by atoms with van der Waals surface area (Å²) in [7, 11) is 2.80. The fourth-order valence-corrected chi connectivity index (χ4v) is 2.13. The summed E-state index contributed by atoms with van der Waals surface area (Å²) in [6.07, 6.45) is 6.24. The van der Waals surface area contributed by atoms with Crippen molar-refractivity contribution in [2.45, 2.75) is 12.5 Å². The molecule has 1 N–H and O–H groups in total. The molecule has 0 bridgehead atoms. The van der Waals surface area contributed by atoms with Crippen LogP contribution in [0.15, 0.2) is 42.9 Å². The smallest absolute Gasteiger partial charge is 0.328 e. The molecule has 0 aliphatic carbocycles. The summed E-state index contributed by atoms with van der Waals surface area (Å²) in [5, 5.41) is 0. The number of carbonyl (C=O) groups is 2. The van der Waals surface area contributed by atoms with E-state index in [4.69, 9.17) is 4.74 Å². The minimum Gasteiger partial charge on any atom is -0.467 e. The largest absolute Gasteiger partial charge is 0.467 e. The van der Waals surface area contributed by atoms with Crippen LogP contribution in [0.5, 0.6) is 0 Å². The minimum absolute atomic E-state index is 0.263. The van der Waals surface area contributed by atoms with E-state index in [0.717, 1.165) is 0 Å². The van der Waals surface area contributed by atoms with Crippen LogP contribution in [0.2, 0.25) is 0 Å². The van der Waals surface area contributed by atoms with Gasteiger partial charge in [0.2, 0.25) is 5.91 Å². The van der Waals surface area contributed by atoms with Gasteiger partial charge in [0, 0.05) is 31.4 Å². The van der Waals surface area contributed by atoms with Gasteiger partial charge in [-0.3, -0.25) is 4.79 Å². The molecule has 0 aliphatic rings. The summed E-state index contributed by atoms with van der Waals surface area (Å²) < 4.78 is 17.6. The van der Waals surface area contributed by atoms with Gasteiger partial charge < -0.3 is 14.6 Å². The van der Waals surface area contributed by atoms with Gasteiger partial charge in [0.05, 0.1) is 13.4 Å². The lowest BCUT2D eigenvalue weighted by Gasteiger charge is -2.24. The molecule has 24 heavy (non-hydrogen) atoms. The number of carbonyl (C=O) groups excluding carboxylic acids is 2. The van der Waals surface area contributed by atoms with Crippen molar-refractivity contribution in [1.29, 1.82) is 0 Å². The molecule has 1 amide bonds.